The minimum absolute atomic E-state index is 0.108. The van der Waals surface area contributed by atoms with E-state index in [4.69, 9.17) is 4.74 Å². The Morgan fingerprint density at radius 2 is 2.21 bits per heavy atom. The zero-order chi connectivity index (χ0) is 17.2. The average molecular weight is 328 g/mol. The highest BCUT2D eigenvalue weighted by atomic mass is 16.5. The molecule has 0 spiro atoms. The van der Waals surface area contributed by atoms with E-state index in [2.05, 4.69) is 21.4 Å². The van der Waals surface area contributed by atoms with E-state index in [9.17, 15) is 4.79 Å². The van der Waals surface area contributed by atoms with E-state index in [1.807, 2.05) is 43.1 Å². The Kier molecular flexibility index (Phi) is 4.55. The molecule has 128 valence electrons. The van der Waals surface area contributed by atoms with Gasteiger partial charge in [-0.2, -0.15) is 4.98 Å². The molecule has 6 nitrogen and oxygen atoms in total. The fraction of sp³-hybridized carbons (Fsp3) is 0.500. The molecule has 1 fully saturated rings. The van der Waals surface area contributed by atoms with Gasteiger partial charge in [-0.05, 0) is 32.3 Å². The standard InChI is InChI=1S/C18H24N4O2/c1-4-7-18(16(23)24-5-2)8-11-22(12-9-18)17-19-13-14-6-10-21(3)15(14)20-17/h4,6,10,13H,1,5,7-9,11-12H2,2-3H3. The number of piperidine rings is 1. The molecule has 0 bridgehead atoms. The minimum Gasteiger partial charge on any atom is -0.466 e. The number of aromatic nitrogens is 3. The van der Waals surface area contributed by atoms with E-state index in [1.165, 1.54) is 0 Å². The summed E-state index contributed by atoms with van der Waals surface area (Å²) in [7, 11) is 1.98. The fourth-order valence-corrected chi connectivity index (χ4v) is 3.38. The summed E-state index contributed by atoms with van der Waals surface area (Å²) < 4.78 is 7.29. The Morgan fingerprint density at radius 3 is 2.88 bits per heavy atom. The summed E-state index contributed by atoms with van der Waals surface area (Å²) >= 11 is 0. The predicted octanol–water partition coefficient (Wildman–Crippen LogP) is 2.69. The van der Waals surface area contributed by atoms with Crippen LogP contribution in [0.15, 0.2) is 31.1 Å². The molecule has 0 atom stereocenters. The van der Waals surface area contributed by atoms with Crippen LogP contribution < -0.4 is 4.90 Å². The van der Waals surface area contributed by atoms with Gasteiger partial charge < -0.3 is 14.2 Å². The van der Waals surface area contributed by atoms with Gasteiger partial charge >= 0.3 is 5.97 Å². The number of nitrogens with zero attached hydrogens (tertiary/aromatic N) is 4. The molecular formula is C18H24N4O2. The van der Waals surface area contributed by atoms with Gasteiger partial charge in [-0.25, -0.2) is 4.98 Å². The van der Waals surface area contributed by atoms with E-state index in [1.54, 1.807) is 0 Å². The first-order valence-corrected chi connectivity index (χ1v) is 8.41. The maximum Gasteiger partial charge on any atom is 0.312 e. The van der Waals surface area contributed by atoms with Crippen LogP contribution in [0.25, 0.3) is 11.0 Å². The van der Waals surface area contributed by atoms with Crippen molar-refractivity contribution in [3.8, 4) is 0 Å². The Bertz CT molecular complexity index is 745. The zero-order valence-electron chi connectivity index (χ0n) is 14.4. The lowest BCUT2D eigenvalue weighted by Gasteiger charge is -2.39. The molecule has 0 unspecified atom stereocenters. The molecule has 0 saturated carbocycles. The van der Waals surface area contributed by atoms with Crippen LogP contribution in [0, 0.1) is 5.41 Å². The van der Waals surface area contributed by atoms with E-state index in [0.717, 1.165) is 42.9 Å². The van der Waals surface area contributed by atoms with Crippen LogP contribution in [0.3, 0.4) is 0 Å². The summed E-state index contributed by atoms with van der Waals surface area (Å²) in [5.74, 6) is 0.615. The van der Waals surface area contributed by atoms with Crippen molar-refractivity contribution in [1.82, 2.24) is 14.5 Å². The lowest BCUT2D eigenvalue weighted by atomic mass is 9.75. The molecule has 0 amide bonds. The summed E-state index contributed by atoms with van der Waals surface area (Å²) in [6, 6.07) is 2.01. The van der Waals surface area contributed by atoms with E-state index in [-0.39, 0.29) is 5.97 Å². The summed E-state index contributed by atoms with van der Waals surface area (Å²) in [6.07, 6.45) is 7.76. The molecule has 2 aromatic heterocycles. The van der Waals surface area contributed by atoms with Gasteiger partial charge in [0.25, 0.3) is 0 Å². The van der Waals surface area contributed by atoms with Crippen LogP contribution >= 0.6 is 0 Å². The molecule has 2 aromatic rings. The largest absolute Gasteiger partial charge is 0.466 e. The van der Waals surface area contributed by atoms with Crippen LogP contribution in [0.1, 0.15) is 26.2 Å². The second-order valence-corrected chi connectivity index (χ2v) is 6.36. The molecule has 1 aliphatic rings. The number of anilines is 1. The monoisotopic (exact) mass is 328 g/mol. The van der Waals surface area contributed by atoms with Crippen molar-refractivity contribution in [2.24, 2.45) is 12.5 Å². The van der Waals surface area contributed by atoms with Crippen LogP contribution in [-0.4, -0.2) is 40.2 Å². The molecule has 0 radical (unpaired) electrons. The van der Waals surface area contributed by atoms with E-state index < -0.39 is 5.41 Å². The number of hydrogen-bond donors (Lipinski definition) is 0. The highest BCUT2D eigenvalue weighted by molar-refractivity contribution is 5.78. The molecule has 1 aliphatic heterocycles. The lowest BCUT2D eigenvalue weighted by molar-refractivity contribution is -0.156. The maximum absolute atomic E-state index is 12.4. The molecule has 0 aromatic carbocycles. The predicted molar refractivity (Wildman–Crippen MR) is 93.8 cm³/mol. The van der Waals surface area contributed by atoms with E-state index >= 15 is 0 Å². The number of carbonyl (C=O) groups excluding carboxylic acids is 1. The van der Waals surface area contributed by atoms with Crippen molar-refractivity contribution in [1.29, 1.82) is 0 Å². The number of rotatable bonds is 5. The van der Waals surface area contributed by atoms with Gasteiger partial charge in [0.15, 0.2) is 0 Å². The summed E-state index contributed by atoms with van der Waals surface area (Å²) in [5, 5.41) is 1.03. The molecule has 3 heterocycles. The third kappa shape index (κ3) is 2.88. The van der Waals surface area contributed by atoms with Crippen molar-refractivity contribution >= 4 is 23.0 Å². The van der Waals surface area contributed by atoms with Gasteiger partial charge in [-0.1, -0.05) is 6.08 Å². The third-order valence-corrected chi connectivity index (χ3v) is 4.84. The molecule has 0 N–H and O–H groups in total. The summed E-state index contributed by atoms with van der Waals surface area (Å²) in [5.41, 5.74) is 0.469. The molecule has 1 saturated heterocycles. The van der Waals surface area contributed by atoms with Gasteiger partial charge in [-0.3, -0.25) is 4.79 Å². The number of hydrogen-bond acceptors (Lipinski definition) is 5. The van der Waals surface area contributed by atoms with Gasteiger partial charge in [0.1, 0.15) is 5.65 Å². The minimum atomic E-state index is -0.455. The van der Waals surface area contributed by atoms with E-state index in [0.29, 0.717) is 13.0 Å². The van der Waals surface area contributed by atoms with Crippen molar-refractivity contribution in [2.45, 2.75) is 26.2 Å². The van der Waals surface area contributed by atoms with Crippen LogP contribution in [0.5, 0.6) is 0 Å². The molecule has 6 heteroatoms. The summed E-state index contributed by atoms with van der Waals surface area (Å²) in [4.78, 5) is 23.7. The highest BCUT2D eigenvalue weighted by Gasteiger charge is 2.42. The molecule has 3 rings (SSSR count). The Labute approximate surface area is 142 Å². The topological polar surface area (TPSA) is 60.2 Å². The summed E-state index contributed by atoms with van der Waals surface area (Å²) in [6.45, 7) is 7.54. The number of fused-ring (bicyclic) bond motifs is 1. The second kappa shape index (κ2) is 6.63. The van der Waals surface area contributed by atoms with Crippen LogP contribution in [0.2, 0.25) is 0 Å². The first-order chi connectivity index (χ1) is 11.6. The van der Waals surface area contributed by atoms with Gasteiger partial charge in [0.2, 0.25) is 5.95 Å². The Balaban J connectivity index is 1.78. The van der Waals surface area contributed by atoms with Gasteiger partial charge in [-0.15, -0.1) is 6.58 Å². The first-order valence-electron chi connectivity index (χ1n) is 8.41. The number of carbonyl (C=O) groups is 1. The average Bonchev–Trinajstić information content (AvgIpc) is 2.97. The zero-order valence-corrected chi connectivity index (χ0v) is 14.4. The van der Waals surface area contributed by atoms with Crippen molar-refractivity contribution in [2.75, 3.05) is 24.6 Å². The van der Waals surface area contributed by atoms with Gasteiger partial charge in [0, 0.05) is 37.9 Å². The van der Waals surface area contributed by atoms with Gasteiger partial charge in [0.05, 0.1) is 12.0 Å². The lowest BCUT2D eigenvalue weighted by Crippen LogP contribution is -2.45. The van der Waals surface area contributed by atoms with Crippen molar-refractivity contribution in [3.05, 3.63) is 31.1 Å². The highest BCUT2D eigenvalue weighted by Crippen LogP contribution is 2.37. The van der Waals surface area contributed by atoms with Crippen LogP contribution in [0.4, 0.5) is 5.95 Å². The fourth-order valence-electron chi connectivity index (χ4n) is 3.38. The van der Waals surface area contributed by atoms with Crippen molar-refractivity contribution in [3.63, 3.8) is 0 Å². The molecular weight excluding hydrogens is 304 g/mol. The maximum atomic E-state index is 12.4. The number of allylic oxidation sites excluding steroid dienone is 1. The third-order valence-electron chi connectivity index (χ3n) is 4.84. The SMILES string of the molecule is C=CCC1(C(=O)OCC)CCN(c2ncc3ccn(C)c3n2)CC1. The quantitative estimate of drug-likeness (QED) is 0.624. The number of ether oxygens (including phenoxy) is 1. The number of aryl methyl sites for hydroxylation is 1. The second-order valence-electron chi connectivity index (χ2n) is 6.36. The Morgan fingerprint density at radius 1 is 1.46 bits per heavy atom. The Hall–Kier alpha value is -2.37. The molecule has 0 aliphatic carbocycles. The van der Waals surface area contributed by atoms with Crippen molar-refractivity contribution < 1.29 is 9.53 Å². The number of esters is 1. The molecule has 24 heavy (non-hydrogen) atoms. The normalized spacial score (nSPS) is 17.0. The first kappa shape index (κ1) is 16.5. The van der Waals surface area contributed by atoms with Crippen LogP contribution in [-0.2, 0) is 16.6 Å². The smallest absolute Gasteiger partial charge is 0.312 e.